The summed E-state index contributed by atoms with van der Waals surface area (Å²) in [6.07, 6.45) is 4.76. The molecule has 0 fully saturated rings. The lowest BCUT2D eigenvalue weighted by Gasteiger charge is -2.43. The molecule has 7 aromatic carbocycles. The number of anilines is 3. The molecular weight excluding hydrogens is 567 g/mol. The molecular formula is C46H33N. The Bertz CT molecular complexity index is 2230. The molecule has 1 nitrogen and oxygen atoms in total. The Hall–Kier alpha value is -5.92. The smallest absolute Gasteiger partial charge is 0.0573 e. The molecule has 0 saturated heterocycles. The van der Waals surface area contributed by atoms with Crippen molar-refractivity contribution < 1.29 is 0 Å². The van der Waals surface area contributed by atoms with Crippen LogP contribution in [0.1, 0.15) is 33.7 Å². The molecule has 222 valence electrons. The van der Waals surface area contributed by atoms with Crippen LogP contribution in [0.4, 0.5) is 17.1 Å². The fourth-order valence-corrected chi connectivity index (χ4v) is 8.06. The van der Waals surface area contributed by atoms with Crippen LogP contribution in [0.25, 0.3) is 28.3 Å². The number of para-hydroxylation sites is 1. The molecule has 0 bridgehead atoms. The molecule has 0 aliphatic heterocycles. The summed E-state index contributed by atoms with van der Waals surface area (Å²) >= 11 is 0. The number of hydrogen-bond donors (Lipinski definition) is 0. The lowest BCUT2D eigenvalue weighted by Crippen LogP contribution is -2.36. The third-order valence-electron chi connectivity index (χ3n) is 10.1. The van der Waals surface area contributed by atoms with E-state index in [9.17, 15) is 0 Å². The van der Waals surface area contributed by atoms with Crippen LogP contribution in [0.3, 0.4) is 0 Å². The molecule has 0 heterocycles. The minimum absolute atomic E-state index is 0.131. The maximum atomic E-state index is 2.47. The third kappa shape index (κ3) is 4.31. The van der Waals surface area contributed by atoms with Gasteiger partial charge in [0, 0.05) is 23.0 Å². The van der Waals surface area contributed by atoms with Gasteiger partial charge in [-0.15, -0.1) is 0 Å². The van der Waals surface area contributed by atoms with E-state index >= 15 is 0 Å². The van der Waals surface area contributed by atoms with Crippen LogP contribution < -0.4 is 4.90 Å². The van der Waals surface area contributed by atoms with Gasteiger partial charge in [-0.05, 0) is 86.5 Å². The Morgan fingerprint density at radius 3 is 1.72 bits per heavy atom. The zero-order chi connectivity index (χ0) is 31.2. The Labute approximate surface area is 276 Å². The summed E-state index contributed by atoms with van der Waals surface area (Å²) in [5, 5.41) is 0. The number of benzene rings is 7. The molecule has 0 amide bonds. The molecule has 2 unspecified atom stereocenters. The van der Waals surface area contributed by atoms with Gasteiger partial charge >= 0.3 is 0 Å². The first-order valence-corrected chi connectivity index (χ1v) is 16.4. The van der Waals surface area contributed by atoms with Crippen LogP contribution in [0.5, 0.6) is 0 Å². The van der Waals surface area contributed by atoms with Gasteiger partial charge in [-0.25, -0.2) is 0 Å². The van der Waals surface area contributed by atoms with E-state index in [-0.39, 0.29) is 11.3 Å². The van der Waals surface area contributed by atoms with Gasteiger partial charge in [0.25, 0.3) is 0 Å². The van der Waals surface area contributed by atoms with E-state index in [4.69, 9.17) is 0 Å². The van der Waals surface area contributed by atoms with Gasteiger partial charge in [0.15, 0.2) is 0 Å². The second-order valence-corrected chi connectivity index (χ2v) is 12.5. The molecule has 0 aromatic heterocycles. The molecule has 9 rings (SSSR count). The van der Waals surface area contributed by atoms with Crippen molar-refractivity contribution in [2.75, 3.05) is 4.90 Å². The fourth-order valence-electron chi connectivity index (χ4n) is 8.06. The molecule has 2 aliphatic rings. The summed E-state index contributed by atoms with van der Waals surface area (Å²) < 4.78 is 0. The molecule has 47 heavy (non-hydrogen) atoms. The molecule has 7 aromatic rings. The SMILES string of the molecule is C1=CC(c2ccccc2)C2(c3ccccc31)c1ccccc1-c1ccc(N(c3ccccc3)c3ccc(-c4ccccc4)cc3)cc12. The van der Waals surface area contributed by atoms with Crippen LogP contribution in [0, 0.1) is 0 Å². The summed E-state index contributed by atoms with van der Waals surface area (Å²) in [6, 6.07) is 66.5. The van der Waals surface area contributed by atoms with Crippen molar-refractivity contribution in [3.8, 4) is 22.3 Å². The fraction of sp³-hybridized carbons (Fsp3) is 0.0435. The van der Waals surface area contributed by atoms with Gasteiger partial charge < -0.3 is 4.90 Å². The van der Waals surface area contributed by atoms with Crippen molar-refractivity contribution in [2.24, 2.45) is 0 Å². The monoisotopic (exact) mass is 599 g/mol. The third-order valence-corrected chi connectivity index (χ3v) is 10.1. The van der Waals surface area contributed by atoms with E-state index in [2.05, 4.69) is 199 Å². The second-order valence-electron chi connectivity index (χ2n) is 12.5. The first-order valence-electron chi connectivity index (χ1n) is 16.4. The normalized spacial score (nSPS) is 17.1. The maximum Gasteiger partial charge on any atom is 0.0573 e. The average Bonchev–Trinajstić information content (AvgIpc) is 3.43. The average molecular weight is 600 g/mol. The van der Waals surface area contributed by atoms with Crippen molar-refractivity contribution in [2.45, 2.75) is 11.3 Å². The van der Waals surface area contributed by atoms with Gasteiger partial charge in [-0.3, -0.25) is 0 Å². The van der Waals surface area contributed by atoms with Gasteiger partial charge in [0.1, 0.15) is 0 Å². The molecule has 2 atom stereocenters. The Morgan fingerprint density at radius 1 is 0.404 bits per heavy atom. The molecule has 1 heteroatoms. The van der Waals surface area contributed by atoms with Crippen molar-refractivity contribution >= 4 is 23.1 Å². The molecule has 0 N–H and O–H groups in total. The lowest BCUT2D eigenvalue weighted by molar-refractivity contribution is 0.558. The summed E-state index contributed by atoms with van der Waals surface area (Å²) in [4.78, 5) is 2.40. The maximum absolute atomic E-state index is 2.47. The number of nitrogens with zero attached hydrogens (tertiary/aromatic N) is 1. The lowest BCUT2D eigenvalue weighted by atomic mass is 9.59. The minimum atomic E-state index is -0.381. The standard InChI is InChI=1S/C46H33N/c1-4-14-33(15-5-1)34-24-27-38(28-25-34)47(37-19-8-3-9-20-37)39-29-30-41-40-21-11-13-23-44(40)46(45(41)32-39)42-22-12-10-18-36(42)26-31-43(46)35-16-6-2-7-17-35/h1-32,43H. The van der Waals surface area contributed by atoms with Crippen molar-refractivity contribution in [3.63, 3.8) is 0 Å². The molecule has 1 spiro atoms. The number of allylic oxidation sites excluding steroid dienone is 1. The summed E-state index contributed by atoms with van der Waals surface area (Å²) in [5.41, 5.74) is 14.8. The quantitative estimate of drug-likeness (QED) is 0.190. The van der Waals surface area contributed by atoms with Gasteiger partial charge in [0.05, 0.1) is 5.41 Å². The minimum Gasteiger partial charge on any atom is -0.310 e. The van der Waals surface area contributed by atoms with Gasteiger partial charge in [-0.1, -0.05) is 158 Å². The zero-order valence-electron chi connectivity index (χ0n) is 26.0. The largest absolute Gasteiger partial charge is 0.310 e. The first kappa shape index (κ1) is 27.4. The zero-order valence-corrected chi connectivity index (χ0v) is 26.0. The highest BCUT2D eigenvalue weighted by atomic mass is 15.1. The summed E-state index contributed by atoms with van der Waals surface area (Å²) in [5.74, 6) is 0.131. The number of rotatable bonds is 5. The van der Waals surface area contributed by atoms with Crippen molar-refractivity contribution in [3.05, 3.63) is 216 Å². The van der Waals surface area contributed by atoms with E-state index in [0.29, 0.717) is 0 Å². The van der Waals surface area contributed by atoms with Crippen LogP contribution >= 0.6 is 0 Å². The Kier molecular flexibility index (Phi) is 6.50. The van der Waals surface area contributed by atoms with Gasteiger partial charge in [0.2, 0.25) is 0 Å². The highest BCUT2D eigenvalue weighted by Crippen LogP contribution is 2.62. The van der Waals surface area contributed by atoms with Crippen LogP contribution in [-0.2, 0) is 5.41 Å². The summed E-state index contributed by atoms with van der Waals surface area (Å²) in [7, 11) is 0. The van der Waals surface area contributed by atoms with Crippen molar-refractivity contribution in [1.82, 2.24) is 0 Å². The Morgan fingerprint density at radius 2 is 0.957 bits per heavy atom. The van der Waals surface area contributed by atoms with Crippen LogP contribution in [0.2, 0.25) is 0 Å². The van der Waals surface area contributed by atoms with Crippen LogP contribution in [0.15, 0.2) is 188 Å². The molecule has 2 aliphatic carbocycles. The Balaban J connectivity index is 1.28. The molecule has 0 saturated carbocycles. The van der Waals surface area contributed by atoms with E-state index in [1.165, 1.54) is 50.1 Å². The summed E-state index contributed by atoms with van der Waals surface area (Å²) in [6.45, 7) is 0. The second kappa shape index (κ2) is 11.2. The molecule has 0 radical (unpaired) electrons. The first-order chi connectivity index (χ1) is 23.3. The predicted octanol–water partition coefficient (Wildman–Crippen LogP) is 11.9. The van der Waals surface area contributed by atoms with E-state index in [1.54, 1.807) is 0 Å². The topological polar surface area (TPSA) is 3.24 Å². The van der Waals surface area contributed by atoms with Gasteiger partial charge in [-0.2, -0.15) is 0 Å². The van der Waals surface area contributed by atoms with E-state index in [1.807, 2.05) is 0 Å². The predicted molar refractivity (Wildman–Crippen MR) is 197 cm³/mol. The van der Waals surface area contributed by atoms with E-state index in [0.717, 1.165) is 17.1 Å². The number of fused-ring (bicyclic) bond motifs is 7. The van der Waals surface area contributed by atoms with Crippen LogP contribution in [-0.4, -0.2) is 0 Å². The van der Waals surface area contributed by atoms with Crippen molar-refractivity contribution in [1.29, 1.82) is 0 Å². The highest BCUT2D eigenvalue weighted by Gasteiger charge is 2.51. The van der Waals surface area contributed by atoms with E-state index < -0.39 is 0 Å². The highest BCUT2D eigenvalue weighted by molar-refractivity contribution is 5.90. The number of hydrogen-bond acceptors (Lipinski definition) is 1.